The first-order valence-electron chi connectivity index (χ1n) is 6.43. The van der Waals surface area contributed by atoms with Gasteiger partial charge in [-0.25, -0.2) is 0 Å². The first kappa shape index (κ1) is 12.1. The van der Waals surface area contributed by atoms with E-state index in [1.807, 2.05) is 13.0 Å². The fourth-order valence-corrected chi connectivity index (χ4v) is 2.25. The molecule has 1 unspecified atom stereocenters. The molecule has 1 heterocycles. The highest BCUT2D eigenvalue weighted by molar-refractivity contribution is 6.02. The maximum Gasteiger partial charge on any atom is 0.246 e. The minimum Gasteiger partial charge on any atom is -0.324 e. The third-order valence-electron chi connectivity index (χ3n) is 3.17. The average Bonchev–Trinajstić information content (AvgIpc) is 2.64. The number of fused-ring (bicyclic) bond motifs is 1. The summed E-state index contributed by atoms with van der Waals surface area (Å²) in [5, 5.41) is 6.14. The molecule has 1 atom stereocenters. The lowest BCUT2D eigenvalue weighted by molar-refractivity contribution is -0.117. The van der Waals surface area contributed by atoms with E-state index in [0.29, 0.717) is 0 Å². The van der Waals surface area contributed by atoms with Crippen LogP contribution in [0.1, 0.15) is 43.9 Å². The highest BCUT2D eigenvalue weighted by Gasteiger charge is 2.29. The average molecular weight is 232 g/mol. The molecule has 1 aromatic rings. The summed E-state index contributed by atoms with van der Waals surface area (Å²) in [5.41, 5.74) is 3.39. The quantitative estimate of drug-likeness (QED) is 0.819. The van der Waals surface area contributed by atoms with E-state index in [-0.39, 0.29) is 11.9 Å². The van der Waals surface area contributed by atoms with Crippen molar-refractivity contribution in [1.82, 2.24) is 5.32 Å². The van der Waals surface area contributed by atoms with E-state index < -0.39 is 0 Å². The molecule has 0 aliphatic carbocycles. The highest BCUT2D eigenvalue weighted by atomic mass is 16.2. The van der Waals surface area contributed by atoms with Crippen LogP contribution in [0.25, 0.3) is 0 Å². The van der Waals surface area contributed by atoms with E-state index in [9.17, 15) is 4.79 Å². The van der Waals surface area contributed by atoms with Crippen molar-refractivity contribution in [2.75, 3.05) is 11.9 Å². The fraction of sp³-hybridized carbons (Fsp3) is 0.500. The van der Waals surface area contributed by atoms with Crippen molar-refractivity contribution in [2.24, 2.45) is 0 Å². The number of anilines is 1. The van der Waals surface area contributed by atoms with E-state index >= 15 is 0 Å². The van der Waals surface area contributed by atoms with Crippen molar-refractivity contribution in [3.05, 3.63) is 29.3 Å². The summed E-state index contributed by atoms with van der Waals surface area (Å²) < 4.78 is 0. The topological polar surface area (TPSA) is 41.1 Å². The Kier molecular flexibility index (Phi) is 3.79. The maximum atomic E-state index is 11.8. The largest absolute Gasteiger partial charge is 0.324 e. The molecule has 0 fully saturated rings. The van der Waals surface area contributed by atoms with E-state index in [2.05, 4.69) is 29.7 Å². The Labute approximate surface area is 103 Å². The van der Waals surface area contributed by atoms with Crippen molar-refractivity contribution >= 4 is 11.6 Å². The van der Waals surface area contributed by atoms with Crippen LogP contribution in [0, 0.1) is 0 Å². The van der Waals surface area contributed by atoms with E-state index in [4.69, 9.17) is 0 Å². The van der Waals surface area contributed by atoms with Gasteiger partial charge in [-0.1, -0.05) is 32.4 Å². The number of hydrogen-bond donors (Lipinski definition) is 2. The van der Waals surface area contributed by atoms with Crippen molar-refractivity contribution < 1.29 is 4.79 Å². The Morgan fingerprint density at radius 2 is 2.18 bits per heavy atom. The molecule has 3 nitrogen and oxygen atoms in total. The number of unbranched alkanes of at least 4 members (excludes halogenated alkanes) is 1. The Morgan fingerprint density at radius 3 is 2.88 bits per heavy atom. The molecule has 3 heteroatoms. The van der Waals surface area contributed by atoms with Gasteiger partial charge < -0.3 is 10.6 Å². The zero-order valence-electron chi connectivity index (χ0n) is 10.5. The summed E-state index contributed by atoms with van der Waals surface area (Å²) in [7, 11) is 0. The molecule has 92 valence electrons. The number of rotatable bonds is 5. The lowest BCUT2D eigenvalue weighted by Crippen LogP contribution is -2.27. The number of benzene rings is 1. The molecule has 0 aromatic heterocycles. The Morgan fingerprint density at radius 1 is 1.35 bits per heavy atom. The number of likely N-dealkylation sites (N-methyl/N-ethyl adjacent to an activating group) is 1. The Bertz CT molecular complexity index is 415. The van der Waals surface area contributed by atoms with Crippen molar-refractivity contribution in [2.45, 2.75) is 39.2 Å². The number of nitrogens with one attached hydrogen (secondary N) is 2. The zero-order chi connectivity index (χ0) is 12.3. The van der Waals surface area contributed by atoms with Gasteiger partial charge in [-0.3, -0.25) is 4.79 Å². The van der Waals surface area contributed by atoms with E-state index in [1.54, 1.807) is 0 Å². The van der Waals surface area contributed by atoms with E-state index in [0.717, 1.165) is 24.2 Å². The second kappa shape index (κ2) is 5.32. The number of aryl methyl sites for hydroxylation is 1. The molecule has 1 aliphatic rings. The van der Waals surface area contributed by atoms with Gasteiger partial charge in [0.05, 0.1) is 0 Å². The molecular formula is C14H20N2O. The minimum atomic E-state index is -0.170. The van der Waals surface area contributed by atoms with Gasteiger partial charge in [0.2, 0.25) is 5.91 Å². The molecule has 2 N–H and O–H groups in total. The molecule has 0 spiro atoms. The van der Waals surface area contributed by atoms with Gasteiger partial charge in [0.15, 0.2) is 0 Å². The summed E-state index contributed by atoms with van der Waals surface area (Å²) in [5.74, 6) is 0.0643. The lowest BCUT2D eigenvalue weighted by atomic mass is 10.0. The molecule has 0 saturated heterocycles. The molecule has 0 radical (unpaired) electrons. The molecule has 0 saturated carbocycles. The summed E-state index contributed by atoms with van der Waals surface area (Å²) in [4.78, 5) is 11.8. The Balaban J connectivity index is 2.22. The Hall–Kier alpha value is -1.35. The number of amides is 1. The second-order valence-electron chi connectivity index (χ2n) is 4.51. The van der Waals surface area contributed by atoms with Gasteiger partial charge in [-0.2, -0.15) is 0 Å². The van der Waals surface area contributed by atoms with Crippen LogP contribution in [0.15, 0.2) is 18.2 Å². The molecule has 1 aromatic carbocycles. The van der Waals surface area contributed by atoms with Gasteiger partial charge in [0.1, 0.15) is 6.04 Å². The fourth-order valence-electron chi connectivity index (χ4n) is 2.25. The first-order chi connectivity index (χ1) is 8.26. The van der Waals surface area contributed by atoms with Crippen LogP contribution in [0.2, 0.25) is 0 Å². The van der Waals surface area contributed by atoms with Gasteiger partial charge in [0.25, 0.3) is 0 Å². The standard InChI is InChI=1S/C14H20N2O/c1-3-5-6-10-7-8-12-11(9-10)13(15-4-2)14(17)16-12/h7-9,13,15H,3-6H2,1-2H3,(H,16,17). The summed E-state index contributed by atoms with van der Waals surface area (Å²) in [6.45, 7) is 5.02. The van der Waals surface area contributed by atoms with E-state index in [1.165, 1.54) is 18.4 Å². The van der Waals surface area contributed by atoms with Crippen LogP contribution in [0.4, 0.5) is 5.69 Å². The highest BCUT2D eigenvalue weighted by Crippen LogP contribution is 2.31. The molecule has 17 heavy (non-hydrogen) atoms. The predicted molar refractivity (Wildman–Crippen MR) is 70.1 cm³/mol. The van der Waals surface area contributed by atoms with Crippen LogP contribution < -0.4 is 10.6 Å². The van der Waals surface area contributed by atoms with Crippen LogP contribution in [0.3, 0.4) is 0 Å². The van der Waals surface area contributed by atoms with Crippen LogP contribution in [-0.2, 0) is 11.2 Å². The smallest absolute Gasteiger partial charge is 0.246 e. The van der Waals surface area contributed by atoms with Gasteiger partial charge in [0, 0.05) is 11.3 Å². The third-order valence-corrected chi connectivity index (χ3v) is 3.17. The third kappa shape index (κ3) is 2.50. The SMILES string of the molecule is CCCCc1ccc2c(c1)C(NCC)C(=O)N2. The lowest BCUT2D eigenvalue weighted by Gasteiger charge is -2.10. The van der Waals surface area contributed by atoms with Crippen LogP contribution >= 0.6 is 0 Å². The molecule has 1 aliphatic heterocycles. The zero-order valence-corrected chi connectivity index (χ0v) is 10.5. The number of hydrogen-bond acceptors (Lipinski definition) is 2. The molecule has 0 bridgehead atoms. The molecular weight excluding hydrogens is 212 g/mol. The predicted octanol–water partition coefficient (Wildman–Crippen LogP) is 2.63. The van der Waals surface area contributed by atoms with Gasteiger partial charge in [-0.05, 0) is 31.0 Å². The number of carbonyl (C=O) groups is 1. The first-order valence-corrected chi connectivity index (χ1v) is 6.43. The van der Waals surface area contributed by atoms with Gasteiger partial charge in [-0.15, -0.1) is 0 Å². The minimum absolute atomic E-state index is 0.0643. The van der Waals surface area contributed by atoms with Crippen LogP contribution in [0.5, 0.6) is 0 Å². The van der Waals surface area contributed by atoms with Gasteiger partial charge >= 0.3 is 0 Å². The summed E-state index contributed by atoms with van der Waals surface area (Å²) in [6, 6.07) is 6.13. The van der Waals surface area contributed by atoms with Crippen molar-refractivity contribution in [1.29, 1.82) is 0 Å². The monoisotopic (exact) mass is 232 g/mol. The summed E-state index contributed by atoms with van der Waals surface area (Å²) >= 11 is 0. The van der Waals surface area contributed by atoms with Crippen molar-refractivity contribution in [3.63, 3.8) is 0 Å². The van der Waals surface area contributed by atoms with Crippen LogP contribution in [-0.4, -0.2) is 12.5 Å². The second-order valence-corrected chi connectivity index (χ2v) is 4.51. The molecule has 1 amide bonds. The summed E-state index contributed by atoms with van der Waals surface area (Å²) in [6.07, 6.45) is 3.49. The molecule has 2 rings (SSSR count). The van der Waals surface area contributed by atoms with Crippen molar-refractivity contribution in [3.8, 4) is 0 Å². The normalized spacial score (nSPS) is 18.0. The maximum absolute atomic E-state index is 11.8. The number of carbonyl (C=O) groups excluding carboxylic acids is 1.